The number of anilines is 1. The van der Waals surface area contributed by atoms with Gasteiger partial charge in [-0.3, -0.25) is 0 Å². The molecule has 0 radical (unpaired) electrons. The molecule has 28 heavy (non-hydrogen) atoms. The molecule has 154 valence electrons. The molecule has 2 rings (SSSR count). The smallest absolute Gasteiger partial charge is 0.373 e. The van der Waals surface area contributed by atoms with Crippen LogP contribution in [-0.2, 0) is 10.0 Å². The summed E-state index contributed by atoms with van der Waals surface area (Å²) in [5.74, 6) is 0. The van der Waals surface area contributed by atoms with Crippen LogP contribution in [0.25, 0.3) is 0 Å². The molecule has 0 aromatic heterocycles. The minimum atomic E-state index is -4.76. The van der Waals surface area contributed by atoms with Gasteiger partial charge < -0.3 is 4.90 Å². The third kappa shape index (κ3) is 5.40. The summed E-state index contributed by atoms with van der Waals surface area (Å²) in [5, 5.41) is 0.454. The summed E-state index contributed by atoms with van der Waals surface area (Å²) in [6.45, 7) is 4.34. The first-order valence-electron chi connectivity index (χ1n) is 8.45. The summed E-state index contributed by atoms with van der Waals surface area (Å²) < 4.78 is 68.1. The van der Waals surface area contributed by atoms with E-state index in [4.69, 9.17) is 11.6 Å². The van der Waals surface area contributed by atoms with E-state index in [0.29, 0.717) is 21.8 Å². The summed E-state index contributed by atoms with van der Waals surface area (Å²) in [5.41, 5.74) is 2.12. The molecule has 0 amide bonds. The average molecular weight is 435 g/mol. The highest BCUT2D eigenvalue weighted by Gasteiger charge is 2.43. The van der Waals surface area contributed by atoms with E-state index >= 15 is 0 Å². The van der Waals surface area contributed by atoms with Crippen LogP contribution in [0.2, 0.25) is 5.02 Å². The van der Waals surface area contributed by atoms with Gasteiger partial charge >= 0.3 is 6.18 Å². The van der Waals surface area contributed by atoms with Crippen LogP contribution in [0.15, 0.2) is 41.3 Å². The highest BCUT2D eigenvalue weighted by molar-refractivity contribution is 7.89. The molecule has 4 nitrogen and oxygen atoms in total. The molecule has 1 atom stereocenters. The number of nitrogens with zero attached hydrogens (tertiary/aromatic N) is 1. The number of hydrogen-bond acceptors (Lipinski definition) is 3. The Labute approximate surface area is 168 Å². The molecule has 0 bridgehead atoms. The van der Waals surface area contributed by atoms with E-state index in [0.717, 1.165) is 5.56 Å². The molecule has 0 aliphatic rings. The lowest BCUT2D eigenvalue weighted by atomic mass is 10.1. The second-order valence-electron chi connectivity index (χ2n) is 6.80. The predicted molar refractivity (Wildman–Crippen MR) is 106 cm³/mol. The maximum absolute atomic E-state index is 13.6. The zero-order valence-electron chi connectivity index (χ0n) is 15.9. The third-order valence-corrected chi connectivity index (χ3v) is 6.32. The van der Waals surface area contributed by atoms with Crippen molar-refractivity contribution in [1.82, 2.24) is 4.72 Å². The van der Waals surface area contributed by atoms with E-state index in [-0.39, 0.29) is 4.90 Å². The first-order chi connectivity index (χ1) is 12.8. The van der Waals surface area contributed by atoms with Crippen LogP contribution >= 0.6 is 11.6 Å². The van der Waals surface area contributed by atoms with Gasteiger partial charge in [-0.1, -0.05) is 29.3 Å². The zero-order chi connectivity index (χ0) is 21.3. The summed E-state index contributed by atoms with van der Waals surface area (Å²) in [7, 11) is -2.92. The summed E-state index contributed by atoms with van der Waals surface area (Å²) in [4.78, 5) is 1.20. The number of aryl methyl sites for hydroxylation is 3. The van der Waals surface area contributed by atoms with Gasteiger partial charge in [0.15, 0.2) is 0 Å². The quantitative estimate of drug-likeness (QED) is 0.722. The van der Waals surface area contributed by atoms with Gasteiger partial charge in [0.2, 0.25) is 10.0 Å². The van der Waals surface area contributed by atoms with Gasteiger partial charge in [-0.05, 0) is 56.2 Å². The van der Waals surface area contributed by atoms with Crippen molar-refractivity contribution >= 4 is 27.3 Å². The predicted octanol–water partition coefficient (Wildman–Crippen LogP) is 4.61. The lowest BCUT2D eigenvalue weighted by molar-refractivity contribution is -0.148. The molecule has 0 saturated carbocycles. The Balaban J connectivity index is 2.33. The molecule has 2 aromatic rings. The van der Waals surface area contributed by atoms with Crippen molar-refractivity contribution in [3.63, 3.8) is 0 Å². The molecule has 0 heterocycles. The lowest BCUT2D eigenvalue weighted by Gasteiger charge is -2.28. The van der Waals surface area contributed by atoms with E-state index in [9.17, 15) is 21.6 Å². The Bertz CT molecular complexity index is 922. The topological polar surface area (TPSA) is 49.4 Å². The van der Waals surface area contributed by atoms with Gasteiger partial charge in [0, 0.05) is 24.3 Å². The van der Waals surface area contributed by atoms with Crippen LogP contribution in [0, 0.1) is 20.8 Å². The standard InChI is InChI=1S/C19H22ClF3N2O2S/c1-12-9-13(2)18(14(3)10-12)28(26,27)24-17(19(21,22)23)11-25(4)16-7-5-15(20)6-8-16/h5-10,17,24H,11H2,1-4H3. The fourth-order valence-corrected chi connectivity index (χ4v) is 4.91. The lowest BCUT2D eigenvalue weighted by Crippen LogP contribution is -2.51. The SMILES string of the molecule is Cc1cc(C)c(S(=O)(=O)NC(CN(C)c2ccc(Cl)cc2)C(F)(F)F)c(C)c1. The molecular weight excluding hydrogens is 413 g/mol. The molecule has 2 aromatic carbocycles. The van der Waals surface area contributed by atoms with Crippen molar-refractivity contribution in [2.75, 3.05) is 18.5 Å². The normalized spacial score (nSPS) is 13.4. The molecule has 0 aliphatic heterocycles. The number of benzene rings is 2. The maximum atomic E-state index is 13.6. The third-order valence-electron chi connectivity index (χ3n) is 4.29. The fraction of sp³-hybridized carbons (Fsp3) is 0.368. The van der Waals surface area contributed by atoms with Crippen LogP contribution in [0.4, 0.5) is 18.9 Å². The molecule has 0 spiro atoms. The molecule has 0 fully saturated rings. The number of rotatable bonds is 6. The Morgan fingerprint density at radius 1 is 1.07 bits per heavy atom. The Hall–Kier alpha value is -1.77. The molecule has 1 N–H and O–H groups in total. The highest BCUT2D eigenvalue weighted by atomic mass is 35.5. The van der Waals surface area contributed by atoms with Crippen LogP contribution in [0.5, 0.6) is 0 Å². The van der Waals surface area contributed by atoms with E-state index in [1.165, 1.54) is 11.9 Å². The van der Waals surface area contributed by atoms with Gasteiger partial charge in [0.1, 0.15) is 6.04 Å². The van der Waals surface area contributed by atoms with Gasteiger partial charge in [0.05, 0.1) is 4.90 Å². The van der Waals surface area contributed by atoms with E-state index in [1.54, 1.807) is 57.2 Å². The average Bonchev–Trinajstić information content (AvgIpc) is 2.52. The van der Waals surface area contributed by atoms with Crippen molar-refractivity contribution in [2.24, 2.45) is 0 Å². The minimum Gasteiger partial charge on any atom is -0.373 e. The van der Waals surface area contributed by atoms with Gasteiger partial charge in [-0.15, -0.1) is 0 Å². The molecule has 0 saturated heterocycles. The van der Waals surface area contributed by atoms with Crippen LogP contribution in [0.3, 0.4) is 0 Å². The summed E-state index contributed by atoms with van der Waals surface area (Å²) in [6.07, 6.45) is -4.76. The molecule has 1 unspecified atom stereocenters. The van der Waals surface area contributed by atoms with Crippen LogP contribution in [0.1, 0.15) is 16.7 Å². The Morgan fingerprint density at radius 2 is 1.57 bits per heavy atom. The number of hydrogen-bond donors (Lipinski definition) is 1. The van der Waals surface area contributed by atoms with E-state index in [1.807, 2.05) is 4.72 Å². The van der Waals surface area contributed by atoms with Crippen molar-refractivity contribution in [2.45, 2.75) is 37.9 Å². The Morgan fingerprint density at radius 3 is 2.04 bits per heavy atom. The number of likely N-dealkylation sites (N-methyl/N-ethyl adjacent to an activating group) is 1. The second-order valence-corrected chi connectivity index (χ2v) is 8.89. The van der Waals surface area contributed by atoms with Crippen molar-refractivity contribution in [3.8, 4) is 0 Å². The number of halogens is 4. The van der Waals surface area contributed by atoms with E-state index in [2.05, 4.69) is 0 Å². The summed E-state index contributed by atoms with van der Waals surface area (Å²) in [6, 6.07) is 7.22. The van der Waals surface area contributed by atoms with Gasteiger partial charge in [0.25, 0.3) is 0 Å². The van der Waals surface area contributed by atoms with Crippen LogP contribution < -0.4 is 9.62 Å². The monoisotopic (exact) mass is 434 g/mol. The van der Waals surface area contributed by atoms with Crippen molar-refractivity contribution < 1.29 is 21.6 Å². The molecule has 0 aliphatic carbocycles. The number of nitrogens with one attached hydrogen (secondary N) is 1. The molecule has 9 heteroatoms. The fourth-order valence-electron chi connectivity index (χ4n) is 3.12. The second kappa shape index (κ2) is 8.31. The van der Waals surface area contributed by atoms with E-state index < -0.39 is 28.8 Å². The number of sulfonamides is 1. The van der Waals surface area contributed by atoms with Crippen LogP contribution in [-0.4, -0.2) is 34.2 Å². The van der Waals surface area contributed by atoms with Crippen molar-refractivity contribution in [3.05, 3.63) is 58.1 Å². The zero-order valence-corrected chi connectivity index (χ0v) is 17.5. The highest BCUT2D eigenvalue weighted by Crippen LogP contribution is 2.27. The first kappa shape index (κ1) is 22.5. The Kier molecular flexibility index (Phi) is 6.68. The largest absolute Gasteiger partial charge is 0.406 e. The maximum Gasteiger partial charge on any atom is 0.406 e. The number of alkyl halides is 3. The first-order valence-corrected chi connectivity index (χ1v) is 10.3. The van der Waals surface area contributed by atoms with Gasteiger partial charge in [-0.2, -0.15) is 17.9 Å². The van der Waals surface area contributed by atoms with Crippen molar-refractivity contribution in [1.29, 1.82) is 0 Å². The molecular formula is C19H22ClF3N2O2S. The van der Waals surface area contributed by atoms with Gasteiger partial charge in [-0.25, -0.2) is 8.42 Å². The summed E-state index contributed by atoms with van der Waals surface area (Å²) >= 11 is 5.80. The minimum absolute atomic E-state index is 0.124.